The third-order valence-corrected chi connectivity index (χ3v) is 9.62. The van der Waals surface area contributed by atoms with E-state index in [1.54, 1.807) is 16.4 Å². The van der Waals surface area contributed by atoms with Gasteiger partial charge in [-0.15, -0.1) is 11.3 Å². The molecule has 0 aliphatic carbocycles. The van der Waals surface area contributed by atoms with Crippen molar-refractivity contribution < 1.29 is 13.2 Å². The maximum atomic E-state index is 13.3. The topological polar surface area (TPSA) is 73.0 Å². The molecular weight excluding hydrogens is 456 g/mol. The second kappa shape index (κ2) is 10.1. The van der Waals surface area contributed by atoms with Crippen LogP contribution in [0.5, 0.6) is 0 Å². The van der Waals surface area contributed by atoms with E-state index in [0.29, 0.717) is 23.7 Å². The molecule has 2 fully saturated rings. The molecule has 0 saturated carbocycles. The van der Waals surface area contributed by atoms with Crippen LogP contribution in [0.2, 0.25) is 0 Å². The fraction of sp³-hybridized carbons (Fsp3) is 0.542. The number of nitrogens with zero attached hydrogens (tertiary/aromatic N) is 3. The predicted molar refractivity (Wildman–Crippen MR) is 135 cm³/mol. The molecule has 2 aliphatic heterocycles. The number of thiophene rings is 1. The molecule has 0 bridgehead atoms. The lowest BCUT2D eigenvalue weighted by atomic mass is 10.2. The van der Waals surface area contributed by atoms with E-state index in [-0.39, 0.29) is 10.8 Å². The van der Waals surface area contributed by atoms with Gasteiger partial charge in [-0.05, 0) is 63.1 Å². The first-order valence-electron chi connectivity index (χ1n) is 11.8. The zero-order valence-electron chi connectivity index (χ0n) is 19.8. The van der Waals surface area contributed by atoms with Gasteiger partial charge in [-0.25, -0.2) is 8.42 Å². The zero-order valence-corrected chi connectivity index (χ0v) is 21.4. The zero-order chi connectivity index (χ0) is 23.6. The molecule has 0 unspecified atom stereocenters. The molecule has 0 radical (unpaired) electrons. The van der Waals surface area contributed by atoms with Crippen LogP contribution in [0.1, 0.15) is 46.3 Å². The molecule has 33 heavy (non-hydrogen) atoms. The molecular formula is C24H34N4O3S2. The Bertz CT molecular complexity index is 1100. The van der Waals surface area contributed by atoms with Gasteiger partial charge >= 0.3 is 0 Å². The molecule has 1 amide bonds. The first kappa shape index (κ1) is 24.2. The standard InChI is InChI=1S/C24H34N4O3S2/c1-4-19-16-23(32-18(19)2)24(29)25-21-17-20(33(30,31)28-10-6-5-7-11-28)8-9-22(21)27-14-12-26(3)13-15-27/h8-9,16-17H,4-7,10-15H2,1-3H3,(H,25,29). The number of carbonyl (C=O) groups excluding carboxylic acids is 1. The Kier molecular flexibility index (Phi) is 7.43. The van der Waals surface area contributed by atoms with Crippen LogP contribution in [0, 0.1) is 6.92 Å². The summed E-state index contributed by atoms with van der Waals surface area (Å²) in [6.07, 6.45) is 3.72. The van der Waals surface area contributed by atoms with Crippen molar-refractivity contribution >= 4 is 38.6 Å². The van der Waals surface area contributed by atoms with Crippen molar-refractivity contribution in [3.63, 3.8) is 0 Å². The van der Waals surface area contributed by atoms with Gasteiger partial charge < -0.3 is 15.1 Å². The van der Waals surface area contributed by atoms with Crippen LogP contribution >= 0.6 is 11.3 Å². The van der Waals surface area contributed by atoms with Gasteiger partial charge in [0, 0.05) is 44.1 Å². The minimum atomic E-state index is -3.59. The van der Waals surface area contributed by atoms with E-state index in [1.807, 2.05) is 19.1 Å². The third kappa shape index (κ3) is 5.26. The van der Waals surface area contributed by atoms with E-state index >= 15 is 0 Å². The molecule has 1 aromatic heterocycles. The molecule has 3 heterocycles. The second-order valence-corrected chi connectivity index (χ2v) is 12.1. The minimum absolute atomic E-state index is 0.189. The highest BCUT2D eigenvalue weighted by molar-refractivity contribution is 7.89. The summed E-state index contributed by atoms with van der Waals surface area (Å²) in [5.74, 6) is -0.189. The van der Waals surface area contributed by atoms with Crippen LogP contribution in [0.4, 0.5) is 11.4 Å². The molecule has 2 saturated heterocycles. The van der Waals surface area contributed by atoms with E-state index in [1.165, 1.54) is 16.9 Å². The molecule has 1 N–H and O–H groups in total. The SMILES string of the molecule is CCc1cc(C(=O)Nc2cc(S(=O)(=O)N3CCCCC3)ccc2N2CCN(C)CC2)sc1C. The van der Waals surface area contributed by atoms with Gasteiger partial charge in [0.25, 0.3) is 5.91 Å². The Balaban J connectivity index is 1.67. The summed E-state index contributed by atoms with van der Waals surface area (Å²) in [7, 11) is -1.49. The maximum absolute atomic E-state index is 13.3. The van der Waals surface area contributed by atoms with E-state index in [2.05, 4.69) is 29.1 Å². The lowest BCUT2D eigenvalue weighted by molar-refractivity contribution is 0.103. The van der Waals surface area contributed by atoms with E-state index < -0.39 is 10.0 Å². The molecule has 0 atom stereocenters. The van der Waals surface area contributed by atoms with Crippen LogP contribution in [0.25, 0.3) is 0 Å². The number of amides is 1. The largest absolute Gasteiger partial charge is 0.367 e. The van der Waals surface area contributed by atoms with Crippen molar-refractivity contribution in [2.24, 2.45) is 0 Å². The van der Waals surface area contributed by atoms with Gasteiger partial charge in [-0.1, -0.05) is 13.3 Å². The molecule has 2 aliphatic rings. The van der Waals surface area contributed by atoms with Gasteiger partial charge in [-0.3, -0.25) is 4.79 Å². The Hall–Kier alpha value is -1.94. The Labute approximate surface area is 201 Å². The summed E-state index contributed by atoms with van der Waals surface area (Å²) in [5.41, 5.74) is 2.61. The quantitative estimate of drug-likeness (QED) is 0.667. The monoisotopic (exact) mass is 490 g/mol. The van der Waals surface area contributed by atoms with Crippen LogP contribution in [-0.4, -0.2) is 69.8 Å². The van der Waals surface area contributed by atoms with Crippen molar-refractivity contribution in [1.82, 2.24) is 9.21 Å². The Morgan fingerprint density at radius 1 is 1.03 bits per heavy atom. The number of aryl methyl sites for hydroxylation is 2. The van der Waals surface area contributed by atoms with Crippen molar-refractivity contribution in [3.8, 4) is 0 Å². The number of hydrogen-bond acceptors (Lipinski definition) is 6. The van der Waals surface area contributed by atoms with Crippen molar-refractivity contribution in [1.29, 1.82) is 0 Å². The fourth-order valence-corrected chi connectivity index (χ4v) is 7.07. The van der Waals surface area contributed by atoms with E-state index in [0.717, 1.165) is 62.4 Å². The maximum Gasteiger partial charge on any atom is 0.265 e. The average molecular weight is 491 g/mol. The number of piperazine rings is 1. The molecule has 180 valence electrons. The molecule has 7 nitrogen and oxygen atoms in total. The molecule has 2 aromatic rings. The van der Waals surface area contributed by atoms with Crippen molar-refractivity contribution in [3.05, 3.63) is 39.6 Å². The highest BCUT2D eigenvalue weighted by Gasteiger charge is 2.28. The summed E-state index contributed by atoms with van der Waals surface area (Å²) < 4.78 is 28.2. The van der Waals surface area contributed by atoms with Gasteiger partial charge in [0.05, 0.1) is 21.1 Å². The minimum Gasteiger partial charge on any atom is -0.367 e. The van der Waals surface area contributed by atoms with Crippen LogP contribution in [0.15, 0.2) is 29.2 Å². The van der Waals surface area contributed by atoms with Gasteiger partial charge in [0.1, 0.15) is 0 Å². The number of hydrogen-bond donors (Lipinski definition) is 1. The fourth-order valence-electron chi connectivity index (χ4n) is 4.52. The first-order valence-corrected chi connectivity index (χ1v) is 14.0. The molecule has 1 aromatic carbocycles. The lowest BCUT2D eigenvalue weighted by Crippen LogP contribution is -2.44. The molecule has 0 spiro atoms. The van der Waals surface area contributed by atoms with Crippen LogP contribution < -0.4 is 10.2 Å². The highest BCUT2D eigenvalue weighted by atomic mass is 32.2. The molecule has 4 rings (SSSR count). The number of benzene rings is 1. The number of anilines is 2. The number of rotatable bonds is 6. The summed E-state index contributed by atoms with van der Waals surface area (Å²) >= 11 is 1.48. The normalized spacial score (nSPS) is 18.5. The van der Waals surface area contributed by atoms with Crippen LogP contribution in [-0.2, 0) is 16.4 Å². The number of nitrogens with one attached hydrogen (secondary N) is 1. The number of piperidine rings is 1. The smallest absolute Gasteiger partial charge is 0.265 e. The second-order valence-electron chi connectivity index (χ2n) is 8.93. The first-order chi connectivity index (χ1) is 15.8. The summed E-state index contributed by atoms with van der Waals surface area (Å²) in [6.45, 7) is 8.72. The van der Waals surface area contributed by atoms with E-state index in [4.69, 9.17) is 0 Å². The van der Waals surface area contributed by atoms with Gasteiger partial charge in [-0.2, -0.15) is 4.31 Å². The van der Waals surface area contributed by atoms with Gasteiger partial charge in [0.15, 0.2) is 0 Å². The number of sulfonamides is 1. The van der Waals surface area contributed by atoms with Crippen LogP contribution in [0.3, 0.4) is 0 Å². The summed E-state index contributed by atoms with van der Waals surface area (Å²) in [6, 6.07) is 7.14. The third-order valence-electron chi connectivity index (χ3n) is 6.64. The highest BCUT2D eigenvalue weighted by Crippen LogP contribution is 2.33. The van der Waals surface area contributed by atoms with Crippen molar-refractivity contribution in [2.75, 3.05) is 56.5 Å². The van der Waals surface area contributed by atoms with Crippen molar-refractivity contribution in [2.45, 2.75) is 44.4 Å². The summed E-state index contributed by atoms with van der Waals surface area (Å²) in [4.78, 5) is 19.7. The number of likely N-dealkylation sites (N-methyl/N-ethyl adjacent to an activating group) is 1. The number of carbonyl (C=O) groups is 1. The summed E-state index contributed by atoms with van der Waals surface area (Å²) in [5, 5.41) is 3.05. The Morgan fingerprint density at radius 2 is 1.73 bits per heavy atom. The average Bonchev–Trinajstić information content (AvgIpc) is 3.21. The lowest BCUT2D eigenvalue weighted by Gasteiger charge is -2.35. The van der Waals surface area contributed by atoms with E-state index in [9.17, 15) is 13.2 Å². The Morgan fingerprint density at radius 3 is 2.36 bits per heavy atom. The predicted octanol–water partition coefficient (Wildman–Crippen LogP) is 3.80. The molecule has 9 heteroatoms. The van der Waals surface area contributed by atoms with Gasteiger partial charge in [0.2, 0.25) is 10.0 Å².